The molecular formula is C14H23N5O8S. The highest BCUT2D eigenvalue weighted by Gasteiger charge is 2.27. The van der Waals surface area contributed by atoms with E-state index in [0.29, 0.717) is 0 Å². The number of nitrogens with one attached hydrogen (secondary N) is 3. The van der Waals surface area contributed by atoms with E-state index in [9.17, 15) is 28.8 Å². The lowest BCUT2D eigenvalue weighted by atomic mass is 10.1. The number of aliphatic carboxylic acids is 2. The first kappa shape index (κ1) is 25.1. The molecule has 0 aromatic heterocycles. The summed E-state index contributed by atoms with van der Waals surface area (Å²) in [6.07, 6.45) is -0.970. The van der Waals surface area contributed by atoms with E-state index in [1.54, 1.807) is 0 Å². The minimum absolute atomic E-state index is 0.00931. The molecule has 3 unspecified atom stereocenters. The van der Waals surface area contributed by atoms with Gasteiger partial charge in [-0.25, -0.2) is 4.79 Å². The maximum absolute atomic E-state index is 12.0. The minimum atomic E-state index is -1.69. The van der Waals surface area contributed by atoms with Gasteiger partial charge < -0.3 is 37.6 Å². The molecule has 3 atom stereocenters. The number of hydrogen-bond acceptors (Lipinski definition) is 8. The van der Waals surface area contributed by atoms with E-state index >= 15 is 0 Å². The first-order chi connectivity index (χ1) is 13.0. The average molecular weight is 421 g/mol. The number of carboxylic acids is 2. The van der Waals surface area contributed by atoms with Gasteiger partial charge in [0.25, 0.3) is 0 Å². The molecule has 0 saturated carbocycles. The van der Waals surface area contributed by atoms with Crippen molar-refractivity contribution >= 4 is 48.2 Å². The Hall–Kier alpha value is -2.87. The Morgan fingerprint density at radius 1 is 0.964 bits per heavy atom. The van der Waals surface area contributed by atoms with Crippen LogP contribution in [-0.2, 0) is 28.8 Å². The van der Waals surface area contributed by atoms with Crippen LogP contribution in [0.25, 0.3) is 0 Å². The lowest BCUT2D eigenvalue weighted by Gasteiger charge is -2.19. The summed E-state index contributed by atoms with van der Waals surface area (Å²) in [5, 5.41) is 24.0. The number of hydrogen-bond donors (Lipinski definition) is 8. The van der Waals surface area contributed by atoms with E-state index in [1.165, 1.54) is 0 Å². The zero-order valence-corrected chi connectivity index (χ0v) is 15.6. The quantitative estimate of drug-likeness (QED) is 0.136. The number of thiol groups is 1. The van der Waals surface area contributed by atoms with Crippen LogP contribution in [0.2, 0.25) is 0 Å². The summed E-state index contributed by atoms with van der Waals surface area (Å²) in [5.74, 6) is -6.31. The number of amides is 4. The number of carbonyl (C=O) groups excluding carboxylic acids is 4. The van der Waals surface area contributed by atoms with Crippen molar-refractivity contribution in [3.8, 4) is 0 Å². The molecule has 0 spiro atoms. The molecule has 0 aromatic carbocycles. The molecule has 0 aliphatic carbocycles. The molecular weight excluding hydrogens is 398 g/mol. The molecule has 4 amide bonds. The second-order valence-corrected chi connectivity index (χ2v) is 5.99. The summed E-state index contributed by atoms with van der Waals surface area (Å²) in [5.41, 5.74) is 10.5. The van der Waals surface area contributed by atoms with Crippen molar-refractivity contribution in [2.24, 2.45) is 11.5 Å². The summed E-state index contributed by atoms with van der Waals surface area (Å²) in [6, 6.07) is -4.02. The maximum atomic E-state index is 12.0. The van der Waals surface area contributed by atoms with E-state index < -0.39 is 66.7 Å². The Kier molecular flexibility index (Phi) is 11.2. The van der Waals surface area contributed by atoms with Crippen LogP contribution in [0.3, 0.4) is 0 Å². The maximum Gasteiger partial charge on any atom is 0.326 e. The fourth-order valence-corrected chi connectivity index (χ4v) is 2.07. The number of nitrogens with two attached hydrogens (primary N) is 2. The van der Waals surface area contributed by atoms with Crippen LogP contribution in [0.4, 0.5) is 0 Å². The van der Waals surface area contributed by atoms with Crippen LogP contribution in [0.1, 0.15) is 19.3 Å². The molecule has 0 rings (SSSR count). The zero-order valence-electron chi connectivity index (χ0n) is 14.7. The van der Waals surface area contributed by atoms with Crippen LogP contribution < -0.4 is 27.4 Å². The number of rotatable bonds is 13. The third kappa shape index (κ3) is 10.3. The van der Waals surface area contributed by atoms with Gasteiger partial charge in [0.05, 0.1) is 19.0 Å². The smallest absolute Gasteiger partial charge is 0.326 e. The van der Waals surface area contributed by atoms with Gasteiger partial charge >= 0.3 is 11.9 Å². The predicted octanol–water partition coefficient (Wildman–Crippen LogP) is -3.85. The summed E-state index contributed by atoms with van der Waals surface area (Å²) in [4.78, 5) is 67.8. The topological polar surface area (TPSA) is 231 Å². The molecule has 0 saturated heterocycles. The van der Waals surface area contributed by atoms with Gasteiger partial charge in [0, 0.05) is 12.2 Å². The number of carbonyl (C=O) groups is 6. The van der Waals surface area contributed by atoms with E-state index in [-0.39, 0.29) is 18.6 Å². The van der Waals surface area contributed by atoms with Crippen LogP contribution >= 0.6 is 12.6 Å². The van der Waals surface area contributed by atoms with Gasteiger partial charge in [-0.3, -0.25) is 24.0 Å². The van der Waals surface area contributed by atoms with Crippen molar-refractivity contribution in [1.29, 1.82) is 0 Å². The molecule has 0 aliphatic rings. The lowest BCUT2D eigenvalue weighted by Crippen LogP contribution is -2.54. The third-order valence-electron chi connectivity index (χ3n) is 3.29. The van der Waals surface area contributed by atoms with Crippen molar-refractivity contribution in [3.05, 3.63) is 0 Å². The van der Waals surface area contributed by atoms with Gasteiger partial charge in [0.1, 0.15) is 12.1 Å². The molecule has 0 heterocycles. The Labute approximate surface area is 165 Å². The second-order valence-electron chi connectivity index (χ2n) is 5.63. The molecule has 0 fully saturated rings. The monoisotopic (exact) mass is 421 g/mol. The molecule has 0 radical (unpaired) electrons. The van der Waals surface area contributed by atoms with Gasteiger partial charge in [0.15, 0.2) is 0 Å². The van der Waals surface area contributed by atoms with Crippen molar-refractivity contribution in [3.63, 3.8) is 0 Å². The standard InChI is InChI=1S/C14H23N5O8S/c15-6(1-2-9(16)20)12(24)17-4-10(21)18-8(5-28)13(25)19-7(14(26)27)3-11(22)23/h6-8,28H,1-5,15H2,(H2,16,20)(H,17,24)(H,18,21)(H,19,25)(H,22,23)(H,26,27). The summed E-state index contributed by atoms with van der Waals surface area (Å²) >= 11 is 3.87. The minimum Gasteiger partial charge on any atom is -0.481 e. The Morgan fingerprint density at radius 2 is 1.57 bits per heavy atom. The highest BCUT2D eigenvalue weighted by molar-refractivity contribution is 7.80. The lowest BCUT2D eigenvalue weighted by molar-refractivity contribution is -0.147. The SMILES string of the molecule is NC(=O)CCC(N)C(=O)NCC(=O)NC(CS)C(=O)NC(CC(=O)O)C(=O)O. The highest BCUT2D eigenvalue weighted by atomic mass is 32.1. The predicted molar refractivity (Wildman–Crippen MR) is 97.0 cm³/mol. The van der Waals surface area contributed by atoms with Gasteiger partial charge in [-0.15, -0.1) is 0 Å². The highest BCUT2D eigenvalue weighted by Crippen LogP contribution is 1.97. The van der Waals surface area contributed by atoms with E-state index in [0.717, 1.165) is 0 Å². The largest absolute Gasteiger partial charge is 0.481 e. The zero-order chi connectivity index (χ0) is 21.9. The van der Waals surface area contributed by atoms with Gasteiger partial charge in [-0.05, 0) is 6.42 Å². The summed E-state index contributed by atoms with van der Waals surface area (Å²) in [6.45, 7) is -0.544. The summed E-state index contributed by atoms with van der Waals surface area (Å²) < 4.78 is 0. The van der Waals surface area contributed by atoms with Gasteiger partial charge in [0.2, 0.25) is 23.6 Å². The molecule has 158 valence electrons. The first-order valence-corrected chi connectivity index (χ1v) is 8.57. The second kappa shape index (κ2) is 12.5. The van der Waals surface area contributed by atoms with Crippen LogP contribution in [0, 0.1) is 0 Å². The van der Waals surface area contributed by atoms with Crippen LogP contribution in [-0.4, -0.2) is 76.2 Å². The molecule has 13 nitrogen and oxygen atoms in total. The van der Waals surface area contributed by atoms with Crippen molar-refractivity contribution in [1.82, 2.24) is 16.0 Å². The van der Waals surface area contributed by atoms with E-state index in [2.05, 4.69) is 23.3 Å². The molecule has 28 heavy (non-hydrogen) atoms. The molecule has 0 bridgehead atoms. The Balaban J connectivity index is 4.59. The fourth-order valence-electron chi connectivity index (χ4n) is 1.81. The van der Waals surface area contributed by atoms with Crippen LogP contribution in [0.5, 0.6) is 0 Å². The van der Waals surface area contributed by atoms with Crippen molar-refractivity contribution in [2.45, 2.75) is 37.4 Å². The Morgan fingerprint density at radius 3 is 2.04 bits per heavy atom. The fraction of sp³-hybridized carbons (Fsp3) is 0.571. The molecule has 14 heteroatoms. The van der Waals surface area contributed by atoms with Gasteiger partial charge in [-0.1, -0.05) is 0 Å². The van der Waals surface area contributed by atoms with Crippen molar-refractivity contribution in [2.75, 3.05) is 12.3 Å². The first-order valence-electron chi connectivity index (χ1n) is 7.94. The van der Waals surface area contributed by atoms with E-state index in [1.807, 2.05) is 5.32 Å². The molecule has 0 aromatic rings. The molecule has 0 aliphatic heterocycles. The average Bonchev–Trinajstić information content (AvgIpc) is 2.60. The number of primary amides is 1. The van der Waals surface area contributed by atoms with Crippen LogP contribution in [0.15, 0.2) is 0 Å². The van der Waals surface area contributed by atoms with Gasteiger partial charge in [-0.2, -0.15) is 12.6 Å². The third-order valence-corrected chi connectivity index (χ3v) is 3.65. The van der Waals surface area contributed by atoms with Crippen molar-refractivity contribution < 1.29 is 39.0 Å². The number of carboxylic acid groups (broad SMARTS) is 2. The summed E-state index contributed by atoms with van der Waals surface area (Å²) in [7, 11) is 0. The molecule has 9 N–H and O–H groups in total. The Bertz CT molecular complexity index is 629. The van der Waals surface area contributed by atoms with E-state index in [4.69, 9.17) is 21.7 Å². The normalized spacial score (nSPS) is 13.5.